The predicted octanol–water partition coefficient (Wildman–Crippen LogP) is 3.09. The van der Waals surface area contributed by atoms with Crippen molar-refractivity contribution in [3.05, 3.63) is 16.8 Å². The molecule has 0 spiro atoms. The van der Waals surface area contributed by atoms with Gasteiger partial charge in [-0.3, -0.25) is 0 Å². The Bertz CT molecular complexity index is 681. The van der Waals surface area contributed by atoms with Crippen LogP contribution in [0.1, 0.15) is 37.1 Å². The standard InChI is InChI=1S/C15H19N3O2S/c1-8(2)12(15(19)20)18-13-11-9-5-3-4-6-10(9)21-14(11)17-7-16-13/h7-8,12H,3-6H2,1-2H3,(H,19,20)(H,16,17,18)/t12-/m0/s1. The summed E-state index contributed by atoms with van der Waals surface area (Å²) >= 11 is 1.72. The number of aromatic nitrogens is 2. The molecule has 1 atom stereocenters. The third-order valence-electron chi connectivity index (χ3n) is 3.98. The SMILES string of the molecule is CC(C)[C@H](Nc1ncnc2sc3c(c12)CCCC3)C(=O)O. The molecule has 0 saturated heterocycles. The van der Waals surface area contributed by atoms with Crippen LogP contribution in [0.4, 0.5) is 5.82 Å². The molecule has 0 bridgehead atoms. The van der Waals surface area contributed by atoms with Crippen LogP contribution in [0, 0.1) is 5.92 Å². The number of rotatable bonds is 4. The normalized spacial score (nSPS) is 16.0. The molecule has 0 amide bonds. The van der Waals surface area contributed by atoms with Gasteiger partial charge in [-0.05, 0) is 37.2 Å². The van der Waals surface area contributed by atoms with E-state index < -0.39 is 12.0 Å². The fraction of sp³-hybridized carbons (Fsp3) is 0.533. The van der Waals surface area contributed by atoms with Crippen molar-refractivity contribution >= 4 is 33.3 Å². The molecule has 112 valence electrons. The molecule has 2 heterocycles. The van der Waals surface area contributed by atoms with E-state index in [1.165, 1.54) is 29.6 Å². The van der Waals surface area contributed by atoms with Crippen LogP contribution in [0.15, 0.2) is 6.33 Å². The molecule has 2 aromatic rings. The van der Waals surface area contributed by atoms with Crippen LogP contribution in [-0.2, 0) is 17.6 Å². The van der Waals surface area contributed by atoms with Gasteiger partial charge in [0.15, 0.2) is 0 Å². The number of carboxylic acid groups (broad SMARTS) is 1. The Labute approximate surface area is 127 Å². The second kappa shape index (κ2) is 5.60. The van der Waals surface area contributed by atoms with Gasteiger partial charge >= 0.3 is 5.97 Å². The quantitative estimate of drug-likeness (QED) is 0.908. The number of hydrogen-bond donors (Lipinski definition) is 2. The van der Waals surface area contributed by atoms with Crippen molar-refractivity contribution < 1.29 is 9.90 Å². The lowest BCUT2D eigenvalue weighted by Gasteiger charge is -2.19. The van der Waals surface area contributed by atoms with Gasteiger partial charge in [-0.1, -0.05) is 13.8 Å². The minimum atomic E-state index is -0.846. The molecule has 0 aromatic carbocycles. The maximum atomic E-state index is 11.4. The maximum Gasteiger partial charge on any atom is 0.326 e. The third-order valence-corrected chi connectivity index (χ3v) is 5.18. The molecular formula is C15H19N3O2S. The zero-order valence-electron chi connectivity index (χ0n) is 12.2. The van der Waals surface area contributed by atoms with E-state index in [-0.39, 0.29) is 5.92 Å². The van der Waals surface area contributed by atoms with Crippen LogP contribution in [-0.4, -0.2) is 27.1 Å². The topological polar surface area (TPSA) is 75.1 Å². The average Bonchev–Trinajstić information content (AvgIpc) is 2.83. The van der Waals surface area contributed by atoms with Gasteiger partial charge < -0.3 is 10.4 Å². The van der Waals surface area contributed by atoms with Crippen LogP contribution in [0.25, 0.3) is 10.2 Å². The molecule has 0 aliphatic heterocycles. The van der Waals surface area contributed by atoms with Gasteiger partial charge in [0.1, 0.15) is 23.0 Å². The molecule has 21 heavy (non-hydrogen) atoms. The highest BCUT2D eigenvalue weighted by atomic mass is 32.1. The molecule has 1 aliphatic rings. The number of hydrogen-bond acceptors (Lipinski definition) is 5. The van der Waals surface area contributed by atoms with Crippen molar-refractivity contribution in [2.75, 3.05) is 5.32 Å². The molecule has 0 radical (unpaired) electrons. The number of aryl methyl sites for hydroxylation is 2. The van der Waals surface area contributed by atoms with Gasteiger partial charge in [-0.25, -0.2) is 14.8 Å². The molecule has 1 aliphatic carbocycles. The highest BCUT2D eigenvalue weighted by Crippen LogP contribution is 2.38. The largest absolute Gasteiger partial charge is 0.480 e. The summed E-state index contributed by atoms with van der Waals surface area (Å²) in [6.45, 7) is 3.79. The van der Waals surface area contributed by atoms with Gasteiger partial charge in [-0.2, -0.15) is 0 Å². The van der Waals surface area contributed by atoms with Crippen LogP contribution in [0.5, 0.6) is 0 Å². The molecule has 3 rings (SSSR count). The third kappa shape index (κ3) is 2.60. The minimum Gasteiger partial charge on any atom is -0.480 e. The second-order valence-corrected chi connectivity index (χ2v) is 6.90. The van der Waals surface area contributed by atoms with E-state index in [9.17, 15) is 9.90 Å². The van der Waals surface area contributed by atoms with Crippen molar-refractivity contribution in [3.8, 4) is 0 Å². The first-order valence-electron chi connectivity index (χ1n) is 7.32. The Morgan fingerprint density at radius 2 is 2.10 bits per heavy atom. The van der Waals surface area contributed by atoms with Crippen LogP contribution in [0.2, 0.25) is 0 Å². The average molecular weight is 305 g/mol. The number of anilines is 1. The number of nitrogens with zero attached hydrogens (tertiary/aromatic N) is 2. The molecular weight excluding hydrogens is 286 g/mol. The van der Waals surface area contributed by atoms with Gasteiger partial charge in [0.2, 0.25) is 0 Å². The van der Waals surface area contributed by atoms with E-state index in [4.69, 9.17) is 0 Å². The minimum absolute atomic E-state index is 0.0121. The van der Waals surface area contributed by atoms with Crippen LogP contribution >= 0.6 is 11.3 Å². The summed E-state index contributed by atoms with van der Waals surface area (Å²) in [6.07, 6.45) is 6.06. The first-order valence-corrected chi connectivity index (χ1v) is 8.14. The summed E-state index contributed by atoms with van der Waals surface area (Å²) < 4.78 is 0. The van der Waals surface area contributed by atoms with Gasteiger partial charge in [0.25, 0.3) is 0 Å². The molecule has 0 fully saturated rings. The smallest absolute Gasteiger partial charge is 0.326 e. The summed E-state index contributed by atoms with van der Waals surface area (Å²) in [4.78, 5) is 22.4. The van der Waals surface area contributed by atoms with E-state index in [1.54, 1.807) is 11.3 Å². The van der Waals surface area contributed by atoms with E-state index in [1.807, 2.05) is 13.8 Å². The number of nitrogens with one attached hydrogen (secondary N) is 1. The number of fused-ring (bicyclic) bond motifs is 3. The Kier molecular flexibility index (Phi) is 3.80. The Morgan fingerprint density at radius 1 is 1.33 bits per heavy atom. The lowest BCUT2D eigenvalue weighted by Crippen LogP contribution is -2.34. The maximum absolute atomic E-state index is 11.4. The highest BCUT2D eigenvalue weighted by molar-refractivity contribution is 7.19. The highest BCUT2D eigenvalue weighted by Gasteiger charge is 2.25. The van der Waals surface area contributed by atoms with Gasteiger partial charge in [-0.15, -0.1) is 11.3 Å². The lowest BCUT2D eigenvalue weighted by atomic mass is 9.96. The Morgan fingerprint density at radius 3 is 2.81 bits per heavy atom. The number of carbonyl (C=O) groups is 1. The number of carboxylic acids is 1. The van der Waals surface area contributed by atoms with E-state index >= 15 is 0 Å². The molecule has 0 unspecified atom stereocenters. The zero-order valence-corrected chi connectivity index (χ0v) is 13.0. The summed E-state index contributed by atoms with van der Waals surface area (Å²) in [6, 6.07) is -0.637. The fourth-order valence-corrected chi connectivity index (χ4v) is 4.09. The molecule has 0 saturated carbocycles. The zero-order chi connectivity index (χ0) is 15.0. The van der Waals surface area contributed by atoms with Crippen molar-refractivity contribution in [1.29, 1.82) is 0 Å². The van der Waals surface area contributed by atoms with Gasteiger partial charge in [0.05, 0.1) is 5.39 Å². The summed E-state index contributed by atoms with van der Waals surface area (Å²) in [5, 5.41) is 13.5. The van der Waals surface area contributed by atoms with Crippen molar-refractivity contribution in [2.24, 2.45) is 5.92 Å². The first-order chi connectivity index (χ1) is 10.1. The van der Waals surface area contributed by atoms with Crippen molar-refractivity contribution in [2.45, 2.75) is 45.6 Å². The van der Waals surface area contributed by atoms with Crippen molar-refractivity contribution in [3.63, 3.8) is 0 Å². The predicted molar refractivity (Wildman–Crippen MR) is 83.9 cm³/mol. The number of aliphatic carboxylic acids is 1. The van der Waals surface area contributed by atoms with E-state index in [0.29, 0.717) is 5.82 Å². The van der Waals surface area contributed by atoms with E-state index in [0.717, 1.165) is 23.1 Å². The van der Waals surface area contributed by atoms with Crippen LogP contribution < -0.4 is 5.32 Å². The molecule has 6 heteroatoms. The number of thiophene rings is 1. The fourth-order valence-electron chi connectivity index (χ4n) is 2.86. The lowest BCUT2D eigenvalue weighted by molar-refractivity contribution is -0.138. The monoisotopic (exact) mass is 305 g/mol. The van der Waals surface area contributed by atoms with Crippen LogP contribution in [0.3, 0.4) is 0 Å². The first kappa shape index (κ1) is 14.3. The van der Waals surface area contributed by atoms with Gasteiger partial charge in [0, 0.05) is 4.88 Å². The summed E-state index contributed by atoms with van der Waals surface area (Å²) in [5.41, 5.74) is 1.32. The molecule has 2 aromatic heterocycles. The van der Waals surface area contributed by atoms with E-state index in [2.05, 4.69) is 15.3 Å². The second-order valence-electron chi connectivity index (χ2n) is 5.82. The molecule has 5 nitrogen and oxygen atoms in total. The Balaban J connectivity index is 2.06. The van der Waals surface area contributed by atoms with Crippen molar-refractivity contribution in [1.82, 2.24) is 9.97 Å². The molecule has 2 N–H and O–H groups in total. The Hall–Kier alpha value is -1.69. The summed E-state index contributed by atoms with van der Waals surface area (Å²) in [7, 11) is 0. The summed E-state index contributed by atoms with van der Waals surface area (Å²) in [5.74, 6) is -0.191.